The molecule has 3 N–H and O–H groups in total. The van der Waals surface area contributed by atoms with Crippen molar-refractivity contribution in [2.24, 2.45) is 0 Å². The van der Waals surface area contributed by atoms with Crippen LogP contribution in [0.25, 0.3) is 0 Å². The van der Waals surface area contributed by atoms with E-state index in [-0.39, 0.29) is 6.61 Å². The van der Waals surface area contributed by atoms with Gasteiger partial charge in [-0.2, -0.15) is 12.6 Å². The number of rotatable bonds is 5. The normalized spacial score (nSPS) is 17.6. The summed E-state index contributed by atoms with van der Waals surface area (Å²) in [4.78, 5) is 10.3. The molecule has 3 atom stereocenters. The van der Waals surface area contributed by atoms with E-state index in [1.807, 2.05) is 0 Å². The van der Waals surface area contributed by atoms with Gasteiger partial charge in [0.1, 0.15) is 18.9 Å². The summed E-state index contributed by atoms with van der Waals surface area (Å²) in [6.45, 7) is 0.800. The van der Waals surface area contributed by atoms with Crippen molar-refractivity contribution >= 4 is 18.6 Å². The Bertz CT molecular complexity index is 189. The third-order valence-corrected chi connectivity index (χ3v) is 1.89. The van der Waals surface area contributed by atoms with Crippen LogP contribution in [-0.2, 0) is 9.53 Å². The number of halogens is 1. The van der Waals surface area contributed by atoms with E-state index in [0.717, 1.165) is 6.92 Å². The molecule has 0 saturated carbocycles. The molecular weight excluding hydrogens is 215 g/mol. The lowest BCUT2D eigenvalue weighted by Crippen LogP contribution is -2.41. The molecule has 0 saturated heterocycles. The number of hydrogen-bond acceptors (Lipinski definition) is 6. The van der Waals surface area contributed by atoms with Gasteiger partial charge in [0.25, 0.3) is 0 Å². The summed E-state index contributed by atoms with van der Waals surface area (Å²) in [6.07, 6.45) is -6.14. The zero-order chi connectivity index (χ0) is 11.3. The second-order valence-corrected chi connectivity index (χ2v) is 3.38. The number of aliphatic hydroxyl groups is 3. The molecule has 0 aliphatic heterocycles. The maximum absolute atomic E-state index is 13.1. The van der Waals surface area contributed by atoms with Crippen LogP contribution in [0.4, 0.5) is 4.39 Å². The maximum atomic E-state index is 13.1. The Hall–Kier alpha value is -0.370. The topological polar surface area (TPSA) is 87.0 Å². The summed E-state index contributed by atoms with van der Waals surface area (Å²) in [7, 11) is 0. The number of hydrogen-bond donors (Lipinski definition) is 4. The summed E-state index contributed by atoms with van der Waals surface area (Å²) < 4.78 is 17.5. The fourth-order valence-electron chi connectivity index (χ4n) is 0.687. The molecule has 0 rings (SSSR count). The van der Waals surface area contributed by atoms with E-state index >= 15 is 0 Å². The van der Waals surface area contributed by atoms with Crippen LogP contribution < -0.4 is 0 Å². The lowest BCUT2D eigenvalue weighted by molar-refractivity contribution is -0.149. The van der Waals surface area contributed by atoms with Crippen LogP contribution in [0.3, 0.4) is 0 Å². The Morgan fingerprint density at radius 2 is 2.00 bits per heavy atom. The Labute approximate surface area is 85.9 Å². The smallest absolute Gasteiger partial charge is 0.302 e. The number of ether oxygens (including phenoxy) is 1. The monoisotopic (exact) mass is 228 g/mol. The molecule has 7 heteroatoms. The van der Waals surface area contributed by atoms with Crippen molar-refractivity contribution in [3.8, 4) is 0 Å². The Morgan fingerprint density at radius 3 is 2.36 bits per heavy atom. The first-order chi connectivity index (χ1) is 6.36. The van der Waals surface area contributed by atoms with Gasteiger partial charge in [0.05, 0.1) is 5.25 Å². The molecule has 84 valence electrons. The first-order valence-corrected chi connectivity index (χ1v) is 4.37. The van der Waals surface area contributed by atoms with Gasteiger partial charge in [-0.3, -0.25) is 4.79 Å². The minimum absolute atomic E-state index is 0.344. The molecule has 0 aromatic heterocycles. The Kier molecular flexibility index (Phi) is 6.01. The van der Waals surface area contributed by atoms with Crippen LogP contribution in [0.2, 0.25) is 0 Å². The van der Waals surface area contributed by atoms with Crippen LogP contribution in [0.15, 0.2) is 0 Å². The molecule has 0 bridgehead atoms. The van der Waals surface area contributed by atoms with E-state index < -0.39 is 29.8 Å². The summed E-state index contributed by atoms with van der Waals surface area (Å²) >= 11 is 3.70. The van der Waals surface area contributed by atoms with Gasteiger partial charge in [0.15, 0.2) is 6.29 Å². The van der Waals surface area contributed by atoms with E-state index in [1.165, 1.54) is 0 Å². The second kappa shape index (κ2) is 6.18. The second-order valence-electron chi connectivity index (χ2n) is 2.72. The van der Waals surface area contributed by atoms with Crippen LogP contribution in [0.1, 0.15) is 6.92 Å². The standard InChI is InChI=1S/C7H13FO5S/c1-3(9)13-2-4(14)5(8)6(10)7(11)12/h4-7,10-12,14H,2H2,1H3/t4-,5+,6-/m1/s1. The van der Waals surface area contributed by atoms with Crippen LogP contribution in [-0.4, -0.2) is 51.7 Å². The third kappa shape index (κ3) is 4.75. The fourth-order valence-corrected chi connectivity index (χ4v) is 0.938. The molecule has 0 heterocycles. The molecule has 0 amide bonds. The Morgan fingerprint density at radius 1 is 1.50 bits per heavy atom. The van der Waals surface area contributed by atoms with Crippen LogP contribution in [0, 0.1) is 0 Å². The number of thiol groups is 1. The van der Waals surface area contributed by atoms with E-state index in [1.54, 1.807) is 0 Å². The highest BCUT2D eigenvalue weighted by Crippen LogP contribution is 2.13. The molecule has 0 aliphatic carbocycles. The van der Waals surface area contributed by atoms with E-state index in [9.17, 15) is 9.18 Å². The van der Waals surface area contributed by atoms with Gasteiger partial charge >= 0.3 is 5.97 Å². The van der Waals surface area contributed by atoms with Crippen LogP contribution >= 0.6 is 12.6 Å². The first-order valence-electron chi connectivity index (χ1n) is 3.86. The Balaban J connectivity index is 3.98. The summed E-state index contributed by atoms with van der Waals surface area (Å²) in [5.74, 6) is -0.602. The zero-order valence-electron chi connectivity index (χ0n) is 7.50. The van der Waals surface area contributed by atoms with Gasteiger partial charge in [-0.05, 0) is 0 Å². The van der Waals surface area contributed by atoms with Gasteiger partial charge in [0, 0.05) is 6.92 Å². The summed E-state index contributed by atoms with van der Waals surface area (Å²) in [5, 5.41) is 24.6. The van der Waals surface area contributed by atoms with E-state index in [2.05, 4.69) is 17.4 Å². The van der Waals surface area contributed by atoms with Crippen molar-refractivity contribution < 1.29 is 29.2 Å². The van der Waals surface area contributed by atoms with Gasteiger partial charge in [-0.15, -0.1) is 0 Å². The minimum Gasteiger partial charge on any atom is -0.465 e. The zero-order valence-corrected chi connectivity index (χ0v) is 8.39. The molecule has 5 nitrogen and oxygen atoms in total. The lowest BCUT2D eigenvalue weighted by Gasteiger charge is -2.21. The predicted octanol–water partition coefficient (Wildman–Crippen LogP) is -1.14. The quantitative estimate of drug-likeness (QED) is 0.271. The van der Waals surface area contributed by atoms with Gasteiger partial charge in [-0.1, -0.05) is 0 Å². The molecule has 0 radical (unpaired) electrons. The van der Waals surface area contributed by atoms with Crippen molar-refractivity contribution in [3.05, 3.63) is 0 Å². The number of carbonyl (C=O) groups excluding carboxylic acids is 1. The SMILES string of the molecule is CC(=O)OC[C@@H](S)[C@H](F)[C@@H](O)C(O)O. The molecule has 0 aliphatic rings. The predicted molar refractivity (Wildman–Crippen MR) is 48.5 cm³/mol. The van der Waals surface area contributed by atoms with Crippen molar-refractivity contribution in [2.75, 3.05) is 6.61 Å². The van der Waals surface area contributed by atoms with E-state index in [4.69, 9.17) is 15.3 Å². The van der Waals surface area contributed by atoms with Crippen LogP contribution in [0.5, 0.6) is 0 Å². The largest absolute Gasteiger partial charge is 0.465 e. The number of carbonyl (C=O) groups is 1. The highest BCUT2D eigenvalue weighted by atomic mass is 32.1. The fraction of sp³-hybridized carbons (Fsp3) is 0.857. The van der Waals surface area contributed by atoms with Crippen molar-refractivity contribution in [3.63, 3.8) is 0 Å². The molecule has 0 unspecified atom stereocenters. The van der Waals surface area contributed by atoms with Gasteiger partial charge < -0.3 is 20.1 Å². The number of aliphatic hydroxyl groups excluding tert-OH is 2. The van der Waals surface area contributed by atoms with Gasteiger partial charge in [-0.25, -0.2) is 4.39 Å². The van der Waals surface area contributed by atoms with Crippen molar-refractivity contribution in [1.82, 2.24) is 0 Å². The average molecular weight is 228 g/mol. The summed E-state index contributed by atoms with van der Waals surface area (Å²) in [6, 6.07) is 0. The number of esters is 1. The average Bonchev–Trinajstić information content (AvgIpc) is 2.11. The highest BCUT2D eigenvalue weighted by Gasteiger charge is 2.30. The van der Waals surface area contributed by atoms with E-state index in [0.29, 0.717) is 0 Å². The molecule has 0 spiro atoms. The van der Waals surface area contributed by atoms with Crippen molar-refractivity contribution in [2.45, 2.75) is 30.7 Å². The molecule has 0 aromatic carbocycles. The number of alkyl halides is 1. The van der Waals surface area contributed by atoms with Gasteiger partial charge in [0.2, 0.25) is 0 Å². The molecule has 14 heavy (non-hydrogen) atoms. The molecule has 0 fully saturated rings. The molecule has 0 aromatic rings. The third-order valence-electron chi connectivity index (χ3n) is 1.46. The first kappa shape index (κ1) is 13.6. The minimum atomic E-state index is -2.18. The molecular formula is C7H13FO5S. The summed E-state index contributed by atoms with van der Waals surface area (Å²) in [5.41, 5.74) is 0. The highest BCUT2D eigenvalue weighted by molar-refractivity contribution is 7.81. The van der Waals surface area contributed by atoms with Crippen molar-refractivity contribution in [1.29, 1.82) is 0 Å². The maximum Gasteiger partial charge on any atom is 0.302 e. The lowest BCUT2D eigenvalue weighted by atomic mass is 10.1.